The Balaban J connectivity index is 1.48. The summed E-state index contributed by atoms with van der Waals surface area (Å²) < 4.78 is 24.0. The average molecular weight is 328 g/mol. The second-order valence-electron chi connectivity index (χ2n) is 7.01. The van der Waals surface area contributed by atoms with Crippen LogP contribution in [-0.2, 0) is 25.6 Å². The lowest BCUT2D eigenvalue weighted by atomic mass is 10.1. The molecule has 0 bridgehead atoms. The van der Waals surface area contributed by atoms with Gasteiger partial charge in [-0.05, 0) is 42.7 Å². The van der Waals surface area contributed by atoms with Gasteiger partial charge in [-0.1, -0.05) is 43.3 Å². The molecule has 2 fully saturated rings. The van der Waals surface area contributed by atoms with Crippen LogP contribution in [0, 0.1) is 0 Å². The van der Waals surface area contributed by atoms with Crippen molar-refractivity contribution >= 4 is 10.8 Å². The van der Waals surface area contributed by atoms with Gasteiger partial charge in [0.1, 0.15) is 12.2 Å². The lowest BCUT2D eigenvalue weighted by Crippen LogP contribution is -2.36. The van der Waals surface area contributed by atoms with E-state index in [-0.39, 0.29) is 24.6 Å². The third-order valence-corrected chi connectivity index (χ3v) is 4.75. The zero-order valence-electron chi connectivity index (χ0n) is 14.4. The Hall–Kier alpha value is -1.46. The molecule has 0 radical (unpaired) electrons. The maximum atomic E-state index is 6.22. The van der Waals surface area contributed by atoms with E-state index in [1.54, 1.807) is 0 Å². The minimum atomic E-state index is -0.612. The summed E-state index contributed by atoms with van der Waals surface area (Å²) >= 11 is 0. The molecule has 0 amide bonds. The molecule has 2 heterocycles. The van der Waals surface area contributed by atoms with Gasteiger partial charge < -0.3 is 18.9 Å². The molecule has 0 N–H and O–H groups in total. The van der Waals surface area contributed by atoms with Gasteiger partial charge in [0.2, 0.25) is 0 Å². The standard InChI is InChI=1S/C20H24O4/c1-4-16-17(18-19(22-16)24-20(2,3)23-18)21-12-13-9-10-14-7-5-6-8-15(14)11-13/h5-11,16-19H,4,12H2,1-3H3/t16-,17-,18-,19-/m1/s1. The summed E-state index contributed by atoms with van der Waals surface area (Å²) in [7, 11) is 0. The van der Waals surface area contributed by atoms with Gasteiger partial charge in [-0.25, -0.2) is 0 Å². The van der Waals surface area contributed by atoms with E-state index in [0.717, 1.165) is 12.0 Å². The van der Waals surface area contributed by atoms with Crippen molar-refractivity contribution in [3.8, 4) is 0 Å². The third kappa shape index (κ3) is 2.95. The molecule has 2 aromatic rings. The van der Waals surface area contributed by atoms with Crippen LogP contribution in [0.3, 0.4) is 0 Å². The van der Waals surface area contributed by atoms with Gasteiger partial charge in [0, 0.05) is 0 Å². The Kier molecular flexibility index (Phi) is 4.09. The Morgan fingerprint density at radius 1 is 1.04 bits per heavy atom. The molecule has 4 rings (SSSR count). The molecular weight excluding hydrogens is 304 g/mol. The molecule has 4 heteroatoms. The predicted molar refractivity (Wildman–Crippen MR) is 91.5 cm³/mol. The topological polar surface area (TPSA) is 36.9 Å². The summed E-state index contributed by atoms with van der Waals surface area (Å²) in [5.74, 6) is -0.612. The molecule has 2 saturated heterocycles. The van der Waals surface area contributed by atoms with Gasteiger partial charge in [0.25, 0.3) is 0 Å². The third-order valence-electron chi connectivity index (χ3n) is 4.75. The maximum Gasteiger partial charge on any atom is 0.190 e. The van der Waals surface area contributed by atoms with Crippen LogP contribution in [0.1, 0.15) is 32.8 Å². The highest BCUT2D eigenvalue weighted by Crippen LogP contribution is 2.39. The summed E-state index contributed by atoms with van der Waals surface area (Å²) in [6.07, 6.45) is 0.296. The number of hydrogen-bond acceptors (Lipinski definition) is 4. The summed E-state index contributed by atoms with van der Waals surface area (Å²) in [5, 5.41) is 2.47. The van der Waals surface area contributed by atoms with Crippen LogP contribution in [0.5, 0.6) is 0 Å². The Bertz CT molecular complexity index is 726. The van der Waals surface area contributed by atoms with Crippen LogP contribution in [-0.4, -0.2) is 30.4 Å². The molecule has 2 aromatic carbocycles. The Morgan fingerprint density at radius 3 is 2.62 bits per heavy atom. The zero-order chi connectivity index (χ0) is 16.7. The summed E-state index contributed by atoms with van der Waals surface area (Å²) in [5.41, 5.74) is 1.16. The van der Waals surface area contributed by atoms with Crippen molar-refractivity contribution in [3.05, 3.63) is 48.0 Å². The van der Waals surface area contributed by atoms with E-state index in [4.69, 9.17) is 18.9 Å². The van der Waals surface area contributed by atoms with E-state index in [9.17, 15) is 0 Å². The monoisotopic (exact) mass is 328 g/mol. The highest BCUT2D eigenvalue weighted by molar-refractivity contribution is 5.82. The van der Waals surface area contributed by atoms with Gasteiger partial charge in [-0.3, -0.25) is 0 Å². The van der Waals surface area contributed by atoms with E-state index in [1.807, 2.05) is 13.8 Å². The van der Waals surface area contributed by atoms with Crippen LogP contribution in [0.4, 0.5) is 0 Å². The first-order chi connectivity index (χ1) is 11.6. The lowest BCUT2D eigenvalue weighted by Gasteiger charge is -2.25. The first kappa shape index (κ1) is 16.0. The van der Waals surface area contributed by atoms with Crippen molar-refractivity contribution < 1.29 is 18.9 Å². The second kappa shape index (κ2) is 6.12. The van der Waals surface area contributed by atoms with Crippen LogP contribution < -0.4 is 0 Å². The van der Waals surface area contributed by atoms with E-state index < -0.39 is 5.79 Å². The molecule has 2 aliphatic heterocycles. The van der Waals surface area contributed by atoms with E-state index in [0.29, 0.717) is 6.61 Å². The summed E-state index contributed by atoms with van der Waals surface area (Å²) in [4.78, 5) is 0. The highest BCUT2D eigenvalue weighted by Gasteiger charge is 2.54. The number of fused-ring (bicyclic) bond motifs is 2. The van der Waals surface area contributed by atoms with Crippen molar-refractivity contribution in [2.45, 2.75) is 64.2 Å². The van der Waals surface area contributed by atoms with Crippen LogP contribution in [0.15, 0.2) is 42.5 Å². The quantitative estimate of drug-likeness (QED) is 0.850. The van der Waals surface area contributed by atoms with Crippen molar-refractivity contribution in [3.63, 3.8) is 0 Å². The molecule has 4 nitrogen and oxygen atoms in total. The number of ether oxygens (including phenoxy) is 4. The molecule has 2 aliphatic rings. The fourth-order valence-corrected chi connectivity index (χ4v) is 3.60. The normalized spacial score (nSPS) is 31.5. The van der Waals surface area contributed by atoms with Crippen molar-refractivity contribution in [1.82, 2.24) is 0 Å². The molecule has 0 spiro atoms. The molecule has 0 unspecified atom stereocenters. The molecule has 128 valence electrons. The zero-order valence-corrected chi connectivity index (χ0v) is 14.4. The van der Waals surface area contributed by atoms with Gasteiger partial charge in [0.15, 0.2) is 12.1 Å². The number of rotatable bonds is 4. The van der Waals surface area contributed by atoms with Crippen molar-refractivity contribution in [2.24, 2.45) is 0 Å². The average Bonchev–Trinajstić information content (AvgIpc) is 3.04. The van der Waals surface area contributed by atoms with Gasteiger partial charge in [-0.2, -0.15) is 0 Å². The van der Waals surface area contributed by atoms with Crippen molar-refractivity contribution in [2.75, 3.05) is 0 Å². The number of benzene rings is 2. The van der Waals surface area contributed by atoms with Gasteiger partial charge >= 0.3 is 0 Å². The minimum absolute atomic E-state index is 0.0107. The Labute approximate surface area is 142 Å². The molecule has 0 aromatic heterocycles. The molecule has 0 saturated carbocycles. The molecular formula is C20H24O4. The van der Waals surface area contributed by atoms with Crippen LogP contribution in [0.25, 0.3) is 10.8 Å². The SMILES string of the molecule is CC[C@H]1O[C@@H]2OC(C)(C)O[C@@H]2[C@@H]1OCc1ccc2ccccc2c1. The first-order valence-electron chi connectivity index (χ1n) is 8.66. The summed E-state index contributed by atoms with van der Waals surface area (Å²) in [6.45, 7) is 6.47. The molecule has 4 atom stereocenters. The highest BCUT2D eigenvalue weighted by atomic mass is 16.8. The van der Waals surface area contributed by atoms with Crippen LogP contribution >= 0.6 is 0 Å². The van der Waals surface area contributed by atoms with E-state index in [1.165, 1.54) is 10.8 Å². The second-order valence-corrected chi connectivity index (χ2v) is 7.01. The van der Waals surface area contributed by atoms with Gasteiger partial charge in [0.05, 0.1) is 12.7 Å². The fourth-order valence-electron chi connectivity index (χ4n) is 3.60. The molecule has 0 aliphatic carbocycles. The maximum absolute atomic E-state index is 6.22. The van der Waals surface area contributed by atoms with Crippen LogP contribution in [0.2, 0.25) is 0 Å². The van der Waals surface area contributed by atoms with Gasteiger partial charge in [-0.15, -0.1) is 0 Å². The minimum Gasteiger partial charge on any atom is -0.368 e. The summed E-state index contributed by atoms with van der Waals surface area (Å²) in [6, 6.07) is 14.8. The number of hydrogen-bond donors (Lipinski definition) is 0. The largest absolute Gasteiger partial charge is 0.368 e. The predicted octanol–water partition coefficient (Wildman–Crippen LogP) is 4.01. The van der Waals surface area contributed by atoms with E-state index in [2.05, 4.69) is 49.4 Å². The Morgan fingerprint density at radius 2 is 1.83 bits per heavy atom. The smallest absolute Gasteiger partial charge is 0.190 e. The van der Waals surface area contributed by atoms with Crippen molar-refractivity contribution in [1.29, 1.82) is 0 Å². The fraction of sp³-hybridized carbons (Fsp3) is 0.500. The molecule has 24 heavy (non-hydrogen) atoms. The van der Waals surface area contributed by atoms with E-state index >= 15 is 0 Å². The first-order valence-corrected chi connectivity index (χ1v) is 8.66. The lowest BCUT2D eigenvalue weighted by molar-refractivity contribution is -0.219.